The van der Waals surface area contributed by atoms with Crippen LogP contribution in [-0.2, 0) is 6.54 Å². The van der Waals surface area contributed by atoms with E-state index in [0.29, 0.717) is 5.92 Å². The number of hydrogen-bond acceptors (Lipinski definition) is 3. The van der Waals surface area contributed by atoms with Gasteiger partial charge in [-0.1, -0.05) is 28.1 Å². The van der Waals surface area contributed by atoms with E-state index in [9.17, 15) is 0 Å². The third-order valence-corrected chi connectivity index (χ3v) is 5.33. The van der Waals surface area contributed by atoms with Gasteiger partial charge in [0.15, 0.2) is 5.82 Å². The Morgan fingerprint density at radius 1 is 1.04 bits per heavy atom. The zero-order chi connectivity index (χ0) is 17.5. The fraction of sp³-hybridized carbons (Fsp3) is 0.190. The van der Waals surface area contributed by atoms with Crippen molar-refractivity contribution >= 4 is 27.0 Å². The average molecular weight is 405 g/mol. The first-order valence-corrected chi connectivity index (χ1v) is 9.58. The van der Waals surface area contributed by atoms with Gasteiger partial charge in [0.25, 0.3) is 0 Å². The number of fused-ring (bicyclic) bond motifs is 1. The Morgan fingerprint density at radius 3 is 2.65 bits per heavy atom. The highest BCUT2D eigenvalue weighted by molar-refractivity contribution is 9.10. The minimum absolute atomic E-state index is 0.670. The van der Waals surface area contributed by atoms with Crippen molar-refractivity contribution in [1.29, 1.82) is 0 Å². The molecule has 3 heterocycles. The molecule has 128 valence electrons. The lowest BCUT2D eigenvalue weighted by Crippen LogP contribution is -1.98. The molecule has 0 radical (unpaired) electrons. The summed E-state index contributed by atoms with van der Waals surface area (Å²) in [7, 11) is 0. The Morgan fingerprint density at radius 2 is 1.88 bits per heavy atom. The number of rotatable bonds is 4. The fourth-order valence-electron chi connectivity index (χ4n) is 3.36. The number of halogens is 1. The van der Waals surface area contributed by atoms with Crippen molar-refractivity contribution in [2.24, 2.45) is 0 Å². The van der Waals surface area contributed by atoms with Crippen LogP contribution in [0.5, 0.6) is 0 Å². The molecule has 1 aromatic carbocycles. The summed E-state index contributed by atoms with van der Waals surface area (Å²) in [5, 5.41) is 1.08. The molecule has 0 saturated heterocycles. The quantitative estimate of drug-likeness (QED) is 0.470. The van der Waals surface area contributed by atoms with Crippen LogP contribution in [-0.4, -0.2) is 19.5 Å². The molecule has 1 aliphatic carbocycles. The summed E-state index contributed by atoms with van der Waals surface area (Å²) in [6.07, 6.45) is 10.4. The molecular weight excluding hydrogens is 388 g/mol. The van der Waals surface area contributed by atoms with Crippen LogP contribution in [0.15, 0.2) is 65.7 Å². The second kappa shape index (κ2) is 6.32. The molecule has 0 unspecified atom stereocenters. The van der Waals surface area contributed by atoms with E-state index in [1.54, 1.807) is 0 Å². The molecule has 0 N–H and O–H groups in total. The molecule has 0 bridgehead atoms. The van der Waals surface area contributed by atoms with Crippen LogP contribution in [0.4, 0.5) is 0 Å². The zero-order valence-corrected chi connectivity index (χ0v) is 15.7. The summed E-state index contributed by atoms with van der Waals surface area (Å²) in [5.41, 5.74) is 4.46. The third-order valence-electron chi connectivity index (χ3n) is 4.84. The molecule has 0 atom stereocenters. The highest BCUT2D eigenvalue weighted by atomic mass is 79.9. The van der Waals surface area contributed by atoms with Gasteiger partial charge in [-0.3, -0.25) is 0 Å². The molecule has 4 nitrogen and oxygen atoms in total. The predicted octanol–water partition coefficient (Wildman–Crippen LogP) is 5.18. The monoisotopic (exact) mass is 404 g/mol. The minimum Gasteiger partial charge on any atom is -0.327 e. The van der Waals surface area contributed by atoms with Gasteiger partial charge in [-0.05, 0) is 54.2 Å². The van der Waals surface area contributed by atoms with Gasteiger partial charge in [0.05, 0.1) is 0 Å². The number of aromatic nitrogens is 4. The molecule has 4 aromatic rings. The van der Waals surface area contributed by atoms with E-state index in [0.717, 1.165) is 33.4 Å². The largest absolute Gasteiger partial charge is 0.327 e. The van der Waals surface area contributed by atoms with Crippen LogP contribution in [0.3, 0.4) is 0 Å². The van der Waals surface area contributed by atoms with Crippen molar-refractivity contribution in [3.05, 3.63) is 76.8 Å². The number of hydrogen-bond donors (Lipinski definition) is 0. The summed E-state index contributed by atoms with van der Waals surface area (Å²) >= 11 is 3.55. The van der Waals surface area contributed by atoms with E-state index in [2.05, 4.69) is 65.9 Å². The molecule has 0 aliphatic heterocycles. The minimum atomic E-state index is 0.670. The van der Waals surface area contributed by atoms with Crippen LogP contribution in [0, 0.1) is 0 Å². The molecule has 1 saturated carbocycles. The van der Waals surface area contributed by atoms with Crippen molar-refractivity contribution in [1.82, 2.24) is 19.5 Å². The summed E-state index contributed by atoms with van der Waals surface area (Å²) < 4.78 is 3.25. The van der Waals surface area contributed by atoms with Gasteiger partial charge in [0.2, 0.25) is 0 Å². The second-order valence-corrected chi connectivity index (χ2v) is 7.71. The number of nitrogens with zero attached hydrogens (tertiary/aromatic N) is 4. The van der Waals surface area contributed by atoms with Crippen LogP contribution in [0.1, 0.15) is 29.9 Å². The van der Waals surface area contributed by atoms with Gasteiger partial charge in [-0.25, -0.2) is 15.0 Å². The van der Waals surface area contributed by atoms with E-state index >= 15 is 0 Å². The van der Waals surface area contributed by atoms with Crippen molar-refractivity contribution in [3.8, 4) is 11.4 Å². The maximum absolute atomic E-state index is 4.64. The topological polar surface area (TPSA) is 43.6 Å². The Kier molecular flexibility index (Phi) is 3.82. The lowest BCUT2D eigenvalue weighted by molar-refractivity contribution is 0.824. The standard InChI is InChI=1S/C21H17BrN4/c22-17-4-1-3-14(9-17)12-26-13-19(18-5-2-8-23-21(18)26)20-24-10-16(11-25-20)15-6-7-15/h1-5,8-11,13,15H,6-7,12H2. The molecule has 1 fully saturated rings. The Labute approximate surface area is 160 Å². The van der Waals surface area contributed by atoms with Crippen molar-refractivity contribution in [2.45, 2.75) is 25.3 Å². The molecule has 0 amide bonds. The molecule has 5 rings (SSSR count). The maximum Gasteiger partial charge on any atom is 0.161 e. The second-order valence-electron chi connectivity index (χ2n) is 6.79. The smallest absolute Gasteiger partial charge is 0.161 e. The van der Waals surface area contributed by atoms with E-state index in [4.69, 9.17) is 0 Å². The first kappa shape index (κ1) is 15.7. The van der Waals surface area contributed by atoms with Gasteiger partial charge in [-0.2, -0.15) is 0 Å². The predicted molar refractivity (Wildman–Crippen MR) is 106 cm³/mol. The van der Waals surface area contributed by atoms with Gasteiger partial charge >= 0.3 is 0 Å². The summed E-state index contributed by atoms with van der Waals surface area (Å²) in [4.78, 5) is 13.9. The summed E-state index contributed by atoms with van der Waals surface area (Å²) in [6.45, 7) is 0.757. The Balaban J connectivity index is 1.57. The first-order valence-electron chi connectivity index (χ1n) is 8.78. The maximum atomic E-state index is 4.64. The van der Waals surface area contributed by atoms with E-state index in [-0.39, 0.29) is 0 Å². The fourth-order valence-corrected chi connectivity index (χ4v) is 3.80. The highest BCUT2D eigenvalue weighted by Crippen LogP contribution is 2.39. The van der Waals surface area contributed by atoms with Gasteiger partial charge in [0, 0.05) is 46.8 Å². The van der Waals surface area contributed by atoms with E-state index in [1.807, 2.05) is 30.7 Å². The first-order chi connectivity index (χ1) is 12.8. The van der Waals surface area contributed by atoms with Crippen molar-refractivity contribution in [2.75, 3.05) is 0 Å². The molecule has 3 aromatic heterocycles. The molecule has 5 heteroatoms. The van der Waals surface area contributed by atoms with Crippen molar-refractivity contribution in [3.63, 3.8) is 0 Å². The average Bonchev–Trinajstić information content (AvgIpc) is 3.45. The van der Waals surface area contributed by atoms with Crippen LogP contribution >= 0.6 is 15.9 Å². The van der Waals surface area contributed by atoms with Crippen molar-refractivity contribution < 1.29 is 0 Å². The van der Waals surface area contributed by atoms with Gasteiger partial charge in [-0.15, -0.1) is 0 Å². The zero-order valence-electron chi connectivity index (χ0n) is 14.1. The molecular formula is C21H17BrN4. The molecule has 1 aliphatic rings. The van der Waals surface area contributed by atoms with E-state index in [1.165, 1.54) is 24.0 Å². The van der Waals surface area contributed by atoms with Crippen LogP contribution in [0.25, 0.3) is 22.4 Å². The van der Waals surface area contributed by atoms with Gasteiger partial charge in [0.1, 0.15) is 5.65 Å². The Bertz CT molecular complexity index is 1080. The SMILES string of the molecule is Brc1cccc(Cn2cc(-c3ncc(C4CC4)cn3)c3cccnc32)c1. The lowest BCUT2D eigenvalue weighted by Gasteiger charge is -2.05. The number of pyridine rings is 1. The highest BCUT2D eigenvalue weighted by Gasteiger charge is 2.24. The summed E-state index contributed by atoms with van der Waals surface area (Å²) in [5.74, 6) is 1.43. The molecule has 26 heavy (non-hydrogen) atoms. The lowest BCUT2D eigenvalue weighted by atomic mass is 10.2. The summed E-state index contributed by atoms with van der Waals surface area (Å²) in [6, 6.07) is 12.4. The third kappa shape index (κ3) is 2.92. The van der Waals surface area contributed by atoms with E-state index < -0.39 is 0 Å². The number of benzene rings is 1. The van der Waals surface area contributed by atoms with Crippen LogP contribution in [0.2, 0.25) is 0 Å². The normalized spacial score (nSPS) is 14.0. The van der Waals surface area contributed by atoms with Crippen LogP contribution < -0.4 is 0 Å². The van der Waals surface area contributed by atoms with Gasteiger partial charge < -0.3 is 4.57 Å². The Hall–Kier alpha value is -2.53. The molecule has 0 spiro atoms.